The second kappa shape index (κ2) is 3.69. The molecule has 0 spiro atoms. The normalized spacial score (nSPS) is 9.33. The SMILES string of the molecule is N#Cc1ccc(CCN)nc1N. The molecule has 4 nitrogen and oxygen atoms in total. The third kappa shape index (κ3) is 1.71. The van der Waals surface area contributed by atoms with Gasteiger partial charge < -0.3 is 11.5 Å². The van der Waals surface area contributed by atoms with Crippen molar-refractivity contribution in [3.63, 3.8) is 0 Å². The van der Waals surface area contributed by atoms with Crippen LogP contribution in [0.15, 0.2) is 12.1 Å². The highest BCUT2D eigenvalue weighted by Gasteiger charge is 1.99. The number of nitrogen functional groups attached to an aromatic ring is 1. The van der Waals surface area contributed by atoms with Crippen molar-refractivity contribution in [3.05, 3.63) is 23.4 Å². The van der Waals surface area contributed by atoms with E-state index in [4.69, 9.17) is 16.7 Å². The van der Waals surface area contributed by atoms with E-state index in [9.17, 15) is 0 Å². The third-order valence-electron chi connectivity index (χ3n) is 1.50. The summed E-state index contributed by atoms with van der Waals surface area (Å²) in [6.07, 6.45) is 0.690. The lowest BCUT2D eigenvalue weighted by Gasteiger charge is -2.00. The summed E-state index contributed by atoms with van der Waals surface area (Å²) in [6.45, 7) is 0.540. The molecule has 0 atom stereocenters. The summed E-state index contributed by atoms with van der Waals surface area (Å²) >= 11 is 0. The maximum atomic E-state index is 8.54. The van der Waals surface area contributed by atoms with Crippen molar-refractivity contribution in [1.82, 2.24) is 4.98 Å². The summed E-state index contributed by atoms with van der Waals surface area (Å²) in [5.41, 5.74) is 12.1. The van der Waals surface area contributed by atoms with Gasteiger partial charge in [0.15, 0.2) is 0 Å². The Balaban J connectivity index is 2.96. The molecule has 0 aliphatic carbocycles. The first kappa shape index (κ1) is 8.50. The van der Waals surface area contributed by atoms with E-state index in [0.29, 0.717) is 18.5 Å². The van der Waals surface area contributed by atoms with E-state index in [1.54, 1.807) is 12.1 Å². The molecule has 0 amide bonds. The van der Waals surface area contributed by atoms with Crippen molar-refractivity contribution >= 4 is 5.82 Å². The molecule has 0 aliphatic rings. The number of nitrogens with zero attached hydrogens (tertiary/aromatic N) is 2. The number of nitrogens with two attached hydrogens (primary N) is 2. The largest absolute Gasteiger partial charge is 0.383 e. The fourth-order valence-corrected chi connectivity index (χ4v) is 0.899. The quantitative estimate of drug-likeness (QED) is 0.642. The van der Waals surface area contributed by atoms with Gasteiger partial charge in [-0.2, -0.15) is 5.26 Å². The van der Waals surface area contributed by atoms with E-state index < -0.39 is 0 Å². The van der Waals surface area contributed by atoms with Gasteiger partial charge in [0.05, 0.1) is 5.56 Å². The summed E-state index contributed by atoms with van der Waals surface area (Å²) < 4.78 is 0. The summed E-state index contributed by atoms with van der Waals surface area (Å²) in [5.74, 6) is 0.281. The molecule has 4 heteroatoms. The van der Waals surface area contributed by atoms with Crippen LogP contribution in [0.3, 0.4) is 0 Å². The van der Waals surface area contributed by atoms with Crippen LogP contribution in [-0.4, -0.2) is 11.5 Å². The van der Waals surface area contributed by atoms with Crippen LogP contribution in [0.5, 0.6) is 0 Å². The lowest BCUT2D eigenvalue weighted by molar-refractivity contribution is 0.925. The molecule has 12 heavy (non-hydrogen) atoms. The predicted octanol–water partition coefficient (Wildman–Crippen LogP) is 0.0367. The van der Waals surface area contributed by atoms with Gasteiger partial charge >= 0.3 is 0 Å². The van der Waals surface area contributed by atoms with Crippen molar-refractivity contribution < 1.29 is 0 Å². The first-order valence-corrected chi connectivity index (χ1v) is 3.63. The van der Waals surface area contributed by atoms with E-state index in [-0.39, 0.29) is 5.82 Å². The molecular weight excluding hydrogens is 152 g/mol. The van der Waals surface area contributed by atoms with E-state index in [0.717, 1.165) is 5.69 Å². The molecular formula is C8H10N4. The average molecular weight is 162 g/mol. The lowest BCUT2D eigenvalue weighted by Crippen LogP contribution is -2.06. The fourth-order valence-electron chi connectivity index (χ4n) is 0.899. The Hall–Kier alpha value is -1.60. The molecule has 1 rings (SSSR count). The average Bonchev–Trinajstić information content (AvgIpc) is 2.05. The number of hydrogen-bond acceptors (Lipinski definition) is 4. The molecule has 0 saturated heterocycles. The molecule has 1 aromatic rings. The third-order valence-corrected chi connectivity index (χ3v) is 1.50. The Morgan fingerprint density at radius 1 is 1.50 bits per heavy atom. The molecule has 62 valence electrons. The second-order valence-electron chi connectivity index (χ2n) is 2.39. The zero-order valence-corrected chi connectivity index (χ0v) is 6.62. The Morgan fingerprint density at radius 2 is 2.25 bits per heavy atom. The summed E-state index contributed by atoms with van der Waals surface area (Å²) in [4.78, 5) is 4.01. The highest BCUT2D eigenvalue weighted by atomic mass is 14.8. The molecule has 0 unspecified atom stereocenters. The van der Waals surface area contributed by atoms with Crippen LogP contribution in [-0.2, 0) is 6.42 Å². The zero-order chi connectivity index (χ0) is 8.97. The van der Waals surface area contributed by atoms with Crippen molar-refractivity contribution in [2.24, 2.45) is 5.73 Å². The minimum Gasteiger partial charge on any atom is -0.383 e. The summed E-state index contributed by atoms with van der Waals surface area (Å²) in [7, 11) is 0. The summed E-state index contributed by atoms with van der Waals surface area (Å²) in [5, 5.41) is 8.54. The predicted molar refractivity (Wildman–Crippen MR) is 46.1 cm³/mol. The van der Waals surface area contributed by atoms with Crippen molar-refractivity contribution in [2.45, 2.75) is 6.42 Å². The topological polar surface area (TPSA) is 88.7 Å². The molecule has 0 fully saturated rings. The molecule has 0 radical (unpaired) electrons. The number of hydrogen-bond donors (Lipinski definition) is 2. The standard InChI is InChI=1S/C8H10N4/c9-4-3-7-2-1-6(5-10)8(11)12-7/h1-2H,3-4,9H2,(H2,11,12). The number of anilines is 1. The van der Waals surface area contributed by atoms with Gasteiger partial charge in [-0.15, -0.1) is 0 Å². The van der Waals surface area contributed by atoms with Gasteiger partial charge in [-0.05, 0) is 18.7 Å². The monoisotopic (exact) mass is 162 g/mol. The lowest BCUT2D eigenvalue weighted by atomic mass is 10.2. The Kier molecular flexibility index (Phi) is 2.62. The van der Waals surface area contributed by atoms with Gasteiger partial charge in [-0.1, -0.05) is 0 Å². The highest BCUT2D eigenvalue weighted by Crippen LogP contribution is 2.07. The van der Waals surface area contributed by atoms with Gasteiger partial charge in [0.25, 0.3) is 0 Å². The maximum absolute atomic E-state index is 8.54. The summed E-state index contributed by atoms with van der Waals surface area (Å²) in [6, 6.07) is 5.37. The Labute approximate surface area is 70.8 Å². The van der Waals surface area contributed by atoms with Crippen LogP contribution in [0, 0.1) is 11.3 Å². The number of pyridine rings is 1. The van der Waals surface area contributed by atoms with E-state index in [2.05, 4.69) is 4.98 Å². The minimum absolute atomic E-state index is 0.281. The van der Waals surface area contributed by atoms with Crippen LogP contribution in [0.1, 0.15) is 11.3 Å². The molecule has 0 saturated carbocycles. The van der Waals surface area contributed by atoms with Crippen LogP contribution in [0.2, 0.25) is 0 Å². The molecule has 4 N–H and O–H groups in total. The van der Waals surface area contributed by atoms with Gasteiger partial charge in [0.1, 0.15) is 11.9 Å². The van der Waals surface area contributed by atoms with Crippen molar-refractivity contribution in [3.8, 4) is 6.07 Å². The Morgan fingerprint density at radius 3 is 2.75 bits per heavy atom. The first-order chi connectivity index (χ1) is 5.77. The second-order valence-corrected chi connectivity index (χ2v) is 2.39. The van der Waals surface area contributed by atoms with Gasteiger partial charge in [-0.3, -0.25) is 0 Å². The Bertz CT molecular complexity index is 313. The number of rotatable bonds is 2. The number of nitriles is 1. The minimum atomic E-state index is 0.281. The molecule has 1 heterocycles. The fraction of sp³-hybridized carbons (Fsp3) is 0.250. The first-order valence-electron chi connectivity index (χ1n) is 3.63. The highest BCUT2D eigenvalue weighted by molar-refractivity contribution is 5.48. The van der Waals surface area contributed by atoms with Gasteiger partial charge in [-0.25, -0.2) is 4.98 Å². The van der Waals surface area contributed by atoms with Crippen LogP contribution >= 0.6 is 0 Å². The van der Waals surface area contributed by atoms with E-state index in [1.807, 2.05) is 6.07 Å². The molecule has 0 aromatic carbocycles. The molecule has 1 aromatic heterocycles. The zero-order valence-electron chi connectivity index (χ0n) is 6.62. The van der Waals surface area contributed by atoms with E-state index >= 15 is 0 Å². The van der Waals surface area contributed by atoms with Crippen LogP contribution < -0.4 is 11.5 Å². The smallest absolute Gasteiger partial charge is 0.141 e. The van der Waals surface area contributed by atoms with E-state index in [1.165, 1.54) is 0 Å². The van der Waals surface area contributed by atoms with Gasteiger partial charge in [0, 0.05) is 12.1 Å². The molecule has 0 aliphatic heterocycles. The molecule has 0 bridgehead atoms. The van der Waals surface area contributed by atoms with Crippen molar-refractivity contribution in [1.29, 1.82) is 5.26 Å². The van der Waals surface area contributed by atoms with Crippen molar-refractivity contribution in [2.75, 3.05) is 12.3 Å². The van der Waals surface area contributed by atoms with Crippen LogP contribution in [0.25, 0.3) is 0 Å². The van der Waals surface area contributed by atoms with Gasteiger partial charge in [0.2, 0.25) is 0 Å². The maximum Gasteiger partial charge on any atom is 0.141 e. The number of aromatic nitrogens is 1. The van der Waals surface area contributed by atoms with Crippen LogP contribution in [0.4, 0.5) is 5.82 Å².